The summed E-state index contributed by atoms with van der Waals surface area (Å²) in [4.78, 5) is 17.6. The standard InChI is InChI=1S/C17H34N4O2.2ClH/c1-3-15(4-2)16(21-11-13-23-14-12-21)17(22)19-7-10-20-8-5-18-6-9-20;;/h15-16,18H,3-14H2,1-2H3,(H,19,22);2*1H. The predicted octanol–water partition coefficient (Wildman–Crippen LogP) is 0.988. The van der Waals surface area contributed by atoms with Gasteiger partial charge in [-0.05, 0) is 5.92 Å². The third-order valence-corrected chi connectivity index (χ3v) is 5.14. The van der Waals surface area contributed by atoms with Crippen LogP contribution in [0.3, 0.4) is 0 Å². The van der Waals surface area contributed by atoms with E-state index in [0.717, 1.165) is 78.4 Å². The van der Waals surface area contributed by atoms with Gasteiger partial charge < -0.3 is 15.4 Å². The highest BCUT2D eigenvalue weighted by atomic mass is 35.5. The highest BCUT2D eigenvalue weighted by molar-refractivity contribution is 5.85. The molecule has 0 spiro atoms. The lowest BCUT2D eigenvalue weighted by Gasteiger charge is -2.37. The van der Waals surface area contributed by atoms with Gasteiger partial charge in [0.25, 0.3) is 0 Å². The van der Waals surface area contributed by atoms with E-state index < -0.39 is 0 Å². The van der Waals surface area contributed by atoms with Gasteiger partial charge in [0.15, 0.2) is 0 Å². The summed E-state index contributed by atoms with van der Waals surface area (Å²) in [6, 6.07) is -0.00285. The number of hydrogen-bond acceptors (Lipinski definition) is 5. The van der Waals surface area contributed by atoms with Gasteiger partial charge in [-0.15, -0.1) is 24.8 Å². The van der Waals surface area contributed by atoms with Gasteiger partial charge in [-0.3, -0.25) is 14.6 Å². The van der Waals surface area contributed by atoms with Gasteiger partial charge >= 0.3 is 0 Å². The smallest absolute Gasteiger partial charge is 0.237 e. The Kier molecular flexibility index (Phi) is 13.9. The average molecular weight is 399 g/mol. The van der Waals surface area contributed by atoms with E-state index in [2.05, 4.69) is 34.3 Å². The molecule has 2 fully saturated rings. The van der Waals surface area contributed by atoms with Crippen LogP contribution in [0.25, 0.3) is 0 Å². The van der Waals surface area contributed by atoms with Crippen molar-refractivity contribution < 1.29 is 9.53 Å². The molecular weight excluding hydrogens is 363 g/mol. The second-order valence-electron chi connectivity index (χ2n) is 6.55. The van der Waals surface area contributed by atoms with Gasteiger partial charge in [0.2, 0.25) is 5.91 Å². The number of amides is 1. The number of piperazine rings is 1. The van der Waals surface area contributed by atoms with E-state index in [0.29, 0.717) is 5.92 Å². The maximum atomic E-state index is 12.8. The number of carbonyl (C=O) groups excluding carboxylic acids is 1. The monoisotopic (exact) mass is 398 g/mol. The molecule has 0 aromatic carbocycles. The predicted molar refractivity (Wildman–Crippen MR) is 107 cm³/mol. The number of carbonyl (C=O) groups is 1. The molecule has 0 saturated carbocycles. The van der Waals surface area contributed by atoms with Crippen LogP contribution < -0.4 is 10.6 Å². The SMILES string of the molecule is CCC(CC)C(C(=O)NCCN1CCNCC1)N1CCOCC1.Cl.Cl. The molecule has 2 aliphatic rings. The number of morpholine rings is 1. The van der Waals surface area contributed by atoms with Crippen molar-refractivity contribution in [1.82, 2.24) is 20.4 Å². The van der Waals surface area contributed by atoms with Gasteiger partial charge in [0, 0.05) is 52.4 Å². The van der Waals surface area contributed by atoms with Crippen LogP contribution in [0.15, 0.2) is 0 Å². The molecule has 150 valence electrons. The first kappa shape index (κ1) is 24.9. The van der Waals surface area contributed by atoms with Gasteiger partial charge in [-0.1, -0.05) is 26.7 Å². The van der Waals surface area contributed by atoms with E-state index in [-0.39, 0.29) is 36.8 Å². The summed E-state index contributed by atoms with van der Waals surface area (Å²) in [6.45, 7) is 13.6. The second-order valence-corrected chi connectivity index (χ2v) is 6.55. The molecule has 2 heterocycles. The first-order valence-corrected chi connectivity index (χ1v) is 9.28. The Balaban J connectivity index is 0.00000288. The molecule has 1 atom stereocenters. The number of halogens is 2. The second kappa shape index (κ2) is 14.0. The quantitative estimate of drug-likeness (QED) is 0.638. The van der Waals surface area contributed by atoms with E-state index in [1.807, 2.05) is 0 Å². The minimum absolute atomic E-state index is 0. The van der Waals surface area contributed by atoms with Crippen LogP contribution in [-0.2, 0) is 9.53 Å². The van der Waals surface area contributed by atoms with E-state index >= 15 is 0 Å². The van der Waals surface area contributed by atoms with Gasteiger partial charge in [-0.25, -0.2) is 0 Å². The van der Waals surface area contributed by atoms with Crippen molar-refractivity contribution in [3.8, 4) is 0 Å². The molecule has 2 aliphatic heterocycles. The lowest BCUT2D eigenvalue weighted by atomic mass is 9.91. The summed E-state index contributed by atoms with van der Waals surface area (Å²) in [6.07, 6.45) is 2.09. The molecule has 1 unspecified atom stereocenters. The van der Waals surface area contributed by atoms with Crippen molar-refractivity contribution >= 4 is 30.7 Å². The van der Waals surface area contributed by atoms with Crippen LogP contribution in [0.5, 0.6) is 0 Å². The molecule has 2 saturated heterocycles. The normalized spacial score (nSPS) is 20.4. The summed E-state index contributed by atoms with van der Waals surface area (Å²) in [5.41, 5.74) is 0. The van der Waals surface area contributed by atoms with E-state index in [1.54, 1.807) is 0 Å². The first-order chi connectivity index (χ1) is 11.3. The van der Waals surface area contributed by atoms with E-state index in [4.69, 9.17) is 4.74 Å². The molecule has 2 rings (SSSR count). The highest BCUT2D eigenvalue weighted by Crippen LogP contribution is 2.20. The zero-order valence-electron chi connectivity index (χ0n) is 15.7. The Labute approximate surface area is 165 Å². The number of rotatable bonds is 8. The zero-order valence-corrected chi connectivity index (χ0v) is 17.3. The Morgan fingerprint density at radius 1 is 1.08 bits per heavy atom. The molecule has 0 radical (unpaired) electrons. The lowest BCUT2D eigenvalue weighted by Crippen LogP contribution is -2.55. The van der Waals surface area contributed by atoms with Crippen molar-refractivity contribution in [2.45, 2.75) is 32.7 Å². The molecule has 1 amide bonds. The average Bonchev–Trinajstić information content (AvgIpc) is 2.61. The minimum atomic E-state index is -0.00285. The van der Waals surface area contributed by atoms with Crippen LogP contribution in [-0.4, -0.2) is 87.3 Å². The molecule has 0 aliphatic carbocycles. The molecule has 0 aromatic rings. The van der Waals surface area contributed by atoms with Crippen LogP contribution in [0.4, 0.5) is 0 Å². The molecule has 25 heavy (non-hydrogen) atoms. The Hall–Kier alpha value is -0.110. The number of nitrogens with one attached hydrogen (secondary N) is 2. The summed E-state index contributed by atoms with van der Waals surface area (Å²) < 4.78 is 5.45. The minimum Gasteiger partial charge on any atom is -0.379 e. The maximum absolute atomic E-state index is 12.8. The van der Waals surface area contributed by atoms with Crippen LogP contribution in [0.1, 0.15) is 26.7 Å². The van der Waals surface area contributed by atoms with Crippen LogP contribution in [0.2, 0.25) is 0 Å². The molecule has 0 bridgehead atoms. The Bertz CT molecular complexity index is 348. The Morgan fingerprint density at radius 2 is 1.68 bits per heavy atom. The molecule has 6 nitrogen and oxygen atoms in total. The van der Waals surface area contributed by atoms with Crippen molar-refractivity contribution in [1.29, 1.82) is 0 Å². The number of nitrogens with zero attached hydrogens (tertiary/aromatic N) is 2. The third kappa shape index (κ3) is 7.97. The fraction of sp³-hybridized carbons (Fsp3) is 0.941. The highest BCUT2D eigenvalue weighted by Gasteiger charge is 2.32. The summed E-state index contributed by atoms with van der Waals surface area (Å²) in [5, 5.41) is 6.55. The van der Waals surface area contributed by atoms with Crippen LogP contribution in [0, 0.1) is 5.92 Å². The number of hydrogen-bond donors (Lipinski definition) is 2. The lowest BCUT2D eigenvalue weighted by molar-refractivity contribution is -0.130. The zero-order chi connectivity index (χ0) is 16.5. The topological polar surface area (TPSA) is 56.8 Å². The molecule has 2 N–H and O–H groups in total. The van der Waals surface area contributed by atoms with E-state index in [1.165, 1.54) is 0 Å². The third-order valence-electron chi connectivity index (χ3n) is 5.14. The largest absolute Gasteiger partial charge is 0.379 e. The first-order valence-electron chi connectivity index (χ1n) is 9.28. The summed E-state index contributed by atoms with van der Waals surface area (Å²) in [5.74, 6) is 0.628. The molecule has 8 heteroatoms. The molecule has 0 aromatic heterocycles. The van der Waals surface area contributed by atoms with Gasteiger partial charge in [-0.2, -0.15) is 0 Å². The fourth-order valence-corrected chi connectivity index (χ4v) is 3.65. The summed E-state index contributed by atoms with van der Waals surface area (Å²) in [7, 11) is 0. The number of ether oxygens (including phenoxy) is 1. The van der Waals surface area contributed by atoms with Crippen molar-refractivity contribution in [2.24, 2.45) is 5.92 Å². The van der Waals surface area contributed by atoms with Crippen molar-refractivity contribution in [2.75, 3.05) is 65.6 Å². The molecular formula is C17H36Cl2N4O2. The summed E-state index contributed by atoms with van der Waals surface area (Å²) >= 11 is 0. The fourth-order valence-electron chi connectivity index (χ4n) is 3.65. The van der Waals surface area contributed by atoms with Crippen molar-refractivity contribution in [3.05, 3.63) is 0 Å². The van der Waals surface area contributed by atoms with Gasteiger partial charge in [0.1, 0.15) is 0 Å². The van der Waals surface area contributed by atoms with Gasteiger partial charge in [0.05, 0.1) is 19.3 Å². The maximum Gasteiger partial charge on any atom is 0.237 e. The van der Waals surface area contributed by atoms with E-state index in [9.17, 15) is 4.79 Å². The van der Waals surface area contributed by atoms with Crippen LogP contribution >= 0.6 is 24.8 Å². The Morgan fingerprint density at radius 3 is 2.24 bits per heavy atom. The van der Waals surface area contributed by atoms with Crippen molar-refractivity contribution in [3.63, 3.8) is 0 Å².